The van der Waals surface area contributed by atoms with E-state index >= 15 is 0 Å². The summed E-state index contributed by atoms with van der Waals surface area (Å²) in [5.74, 6) is -1.86. The van der Waals surface area contributed by atoms with Crippen molar-refractivity contribution in [2.24, 2.45) is 0 Å². The first kappa shape index (κ1) is 30.0. The number of aromatic nitrogens is 2. The minimum Gasteiger partial charge on any atom is -0.460 e. The van der Waals surface area contributed by atoms with E-state index in [1.54, 1.807) is 26.8 Å². The number of benzene rings is 1. The Morgan fingerprint density at radius 2 is 1.76 bits per heavy atom. The number of anilines is 1. The monoisotopic (exact) mass is 535 g/mol. The number of aliphatic hydroxyl groups excluding tert-OH is 1. The molecule has 11 heteroatoms. The van der Waals surface area contributed by atoms with Crippen LogP contribution in [-0.4, -0.2) is 60.3 Å². The number of ketones is 1. The second-order valence-corrected chi connectivity index (χ2v) is 12.0. The van der Waals surface area contributed by atoms with Gasteiger partial charge >= 0.3 is 5.97 Å². The summed E-state index contributed by atoms with van der Waals surface area (Å²) in [4.78, 5) is 33.1. The van der Waals surface area contributed by atoms with Crippen LogP contribution >= 0.6 is 0 Å². The number of nitrogens with zero attached hydrogens (tertiary/aromatic N) is 3. The van der Waals surface area contributed by atoms with E-state index in [-0.39, 0.29) is 18.3 Å². The van der Waals surface area contributed by atoms with Gasteiger partial charge in [0.15, 0.2) is 0 Å². The summed E-state index contributed by atoms with van der Waals surface area (Å²) in [6.07, 6.45) is 1.97. The van der Waals surface area contributed by atoms with Crippen LogP contribution in [0.25, 0.3) is 17.3 Å². The third-order valence-electron chi connectivity index (χ3n) is 5.09. The fourth-order valence-electron chi connectivity index (χ4n) is 3.32. The Labute approximate surface area is 217 Å². The molecule has 0 saturated heterocycles. The van der Waals surface area contributed by atoms with E-state index in [1.807, 2.05) is 13.8 Å². The van der Waals surface area contributed by atoms with Gasteiger partial charge in [-0.1, -0.05) is 26.0 Å². The highest BCUT2D eigenvalue weighted by molar-refractivity contribution is 7.92. The summed E-state index contributed by atoms with van der Waals surface area (Å²) in [5.41, 5.74) is 1.07. The normalized spacial score (nSPS) is 13.1. The lowest BCUT2D eigenvalue weighted by molar-refractivity contribution is -0.156. The number of halogens is 1. The van der Waals surface area contributed by atoms with Crippen LogP contribution in [0.5, 0.6) is 0 Å². The molecule has 0 spiro atoms. The zero-order chi connectivity index (χ0) is 28.1. The summed E-state index contributed by atoms with van der Waals surface area (Å²) in [5, 5.41) is 10.5. The fourth-order valence-corrected chi connectivity index (χ4v) is 3.69. The highest BCUT2D eigenvalue weighted by Gasteiger charge is 2.23. The number of carbonyl (C=O) groups is 2. The van der Waals surface area contributed by atoms with Gasteiger partial charge in [-0.25, -0.2) is 27.1 Å². The lowest BCUT2D eigenvalue weighted by atomic mass is 9.97. The number of hydrogen-bond donors (Lipinski definition) is 1. The number of ether oxygens (including phenoxy) is 1. The van der Waals surface area contributed by atoms with Gasteiger partial charge < -0.3 is 9.84 Å². The zero-order valence-corrected chi connectivity index (χ0v) is 23.0. The number of carbonyl (C=O) groups excluding carboxylic acids is 2. The SMILES string of the molecule is CC(C)c1nc(N(C)S(C)(=O)=O)nc(-c2ccc(F)cc2)c1C=C[C@@H](O)CC(=O)CC(=O)OC(C)(C)C. The number of hydrogen-bond acceptors (Lipinski definition) is 8. The van der Waals surface area contributed by atoms with Gasteiger partial charge in [0, 0.05) is 24.6 Å². The highest BCUT2D eigenvalue weighted by Crippen LogP contribution is 2.31. The number of sulfonamides is 1. The van der Waals surface area contributed by atoms with Crippen molar-refractivity contribution < 1.29 is 32.2 Å². The molecule has 0 amide bonds. The first-order valence-electron chi connectivity index (χ1n) is 11.7. The van der Waals surface area contributed by atoms with Gasteiger partial charge in [0.25, 0.3) is 0 Å². The highest BCUT2D eigenvalue weighted by atomic mass is 32.2. The van der Waals surface area contributed by atoms with Crippen molar-refractivity contribution in [3.05, 3.63) is 47.4 Å². The van der Waals surface area contributed by atoms with Crippen LogP contribution in [0.15, 0.2) is 30.3 Å². The summed E-state index contributed by atoms with van der Waals surface area (Å²) in [7, 11) is -2.33. The van der Waals surface area contributed by atoms with Crippen molar-refractivity contribution in [3.63, 3.8) is 0 Å². The standard InChI is InChI=1S/C26H34FN3O6S/c1-16(2)23-21(13-12-19(31)14-20(32)15-22(33)36-26(3,4)5)24(17-8-10-18(27)11-9-17)29-25(28-23)30(6)37(7,34)35/h8-13,16,19,31H,14-15H2,1-7H3/t19-/m1/s1. The van der Waals surface area contributed by atoms with Gasteiger partial charge in [-0.2, -0.15) is 0 Å². The first-order chi connectivity index (χ1) is 17.0. The molecule has 1 heterocycles. The lowest BCUT2D eigenvalue weighted by Gasteiger charge is -2.20. The molecular weight excluding hydrogens is 501 g/mol. The Kier molecular flexibility index (Phi) is 9.67. The molecule has 9 nitrogen and oxygen atoms in total. The topological polar surface area (TPSA) is 127 Å². The minimum atomic E-state index is -3.66. The molecule has 37 heavy (non-hydrogen) atoms. The average molecular weight is 536 g/mol. The molecular formula is C26H34FN3O6S. The molecule has 0 fully saturated rings. The Bertz CT molecular complexity index is 1270. The van der Waals surface area contributed by atoms with E-state index < -0.39 is 45.7 Å². The maximum absolute atomic E-state index is 13.6. The average Bonchev–Trinajstić information content (AvgIpc) is 2.75. The number of Topliss-reactive ketones (excluding diaryl/α,β-unsaturated/α-hetero) is 1. The minimum absolute atomic E-state index is 0.0595. The lowest BCUT2D eigenvalue weighted by Crippen LogP contribution is -2.27. The smallest absolute Gasteiger partial charge is 0.313 e. The molecule has 0 radical (unpaired) electrons. The molecule has 0 unspecified atom stereocenters. The summed E-state index contributed by atoms with van der Waals surface area (Å²) < 4.78 is 44.0. The molecule has 1 aromatic carbocycles. The van der Waals surface area contributed by atoms with E-state index in [4.69, 9.17) is 4.74 Å². The Balaban J connectivity index is 2.46. The predicted octanol–water partition coefficient (Wildman–Crippen LogP) is 3.87. The van der Waals surface area contributed by atoms with Gasteiger partial charge in [-0.15, -0.1) is 0 Å². The Morgan fingerprint density at radius 3 is 2.27 bits per heavy atom. The van der Waals surface area contributed by atoms with Crippen molar-refractivity contribution in [1.29, 1.82) is 0 Å². The van der Waals surface area contributed by atoms with Crippen LogP contribution in [0.4, 0.5) is 10.3 Å². The molecule has 0 aliphatic rings. The van der Waals surface area contributed by atoms with E-state index in [9.17, 15) is 27.5 Å². The van der Waals surface area contributed by atoms with Crippen LogP contribution in [-0.2, 0) is 24.3 Å². The van der Waals surface area contributed by atoms with Crippen LogP contribution in [0.3, 0.4) is 0 Å². The number of esters is 1. The molecule has 2 rings (SSSR count). The van der Waals surface area contributed by atoms with Crippen molar-refractivity contribution >= 4 is 33.8 Å². The van der Waals surface area contributed by atoms with Crippen molar-refractivity contribution in [2.45, 2.75) is 65.1 Å². The summed E-state index contributed by atoms with van der Waals surface area (Å²) in [6.45, 7) is 8.80. The van der Waals surface area contributed by atoms with Crippen LogP contribution in [0.2, 0.25) is 0 Å². The van der Waals surface area contributed by atoms with Crippen LogP contribution in [0, 0.1) is 5.82 Å². The molecule has 0 aliphatic carbocycles. The summed E-state index contributed by atoms with van der Waals surface area (Å²) >= 11 is 0. The second kappa shape index (κ2) is 11.9. The zero-order valence-electron chi connectivity index (χ0n) is 22.1. The molecule has 0 saturated carbocycles. The number of aliphatic hydroxyl groups is 1. The molecule has 2 aromatic rings. The van der Waals surface area contributed by atoms with E-state index in [0.717, 1.165) is 10.6 Å². The molecule has 202 valence electrons. The van der Waals surface area contributed by atoms with Crippen molar-refractivity contribution in [1.82, 2.24) is 9.97 Å². The van der Waals surface area contributed by atoms with Crippen LogP contribution < -0.4 is 4.31 Å². The van der Waals surface area contributed by atoms with Crippen molar-refractivity contribution in [3.8, 4) is 11.3 Å². The molecule has 1 aromatic heterocycles. The summed E-state index contributed by atoms with van der Waals surface area (Å²) in [6, 6.07) is 5.52. The van der Waals surface area contributed by atoms with Crippen molar-refractivity contribution in [2.75, 3.05) is 17.6 Å². The predicted molar refractivity (Wildman–Crippen MR) is 140 cm³/mol. The molecule has 0 bridgehead atoms. The quantitative estimate of drug-likeness (QED) is 0.359. The maximum Gasteiger partial charge on any atom is 0.313 e. The van der Waals surface area contributed by atoms with Gasteiger partial charge in [0.2, 0.25) is 16.0 Å². The third kappa shape index (κ3) is 9.01. The van der Waals surface area contributed by atoms with E-state index in [2.05, 4.69) is 9.97 Å². The van der Waals surface area contributed by atoms with Gasteiger partial charge in [0.05, 0.1) is 23.7 Å². The van der Waals surface area contributed by atoms with Gasteiger partial charge in [-0.3, -0.25) is 9.59 Å². The maximum atomic E-state index is 13.6. The third-order valence-corrected chi connectivity index (χ3v) is 6.25. The largest absolute Gasteiger partial charge is 0.460 e. The van der Waals surface area contributed by atoms with Gasteiger partial charge in [-0.05, 0) is 51.0 Å². The molecule has 0 aliphatic heterocycles. The van der Waals surface area contributed by atoms with Gasteiger partial charge in [0.1, 0.15) is 23.6 Å². The molecule has 1 atom stereocenters. The van der Waals surface area contributed by atoms with E-state index in [1.165, 1.54) is 37.4 Å². The first-order valence-corrected chi connectivity index (χ1v) is 13.5. The molecule has 1 N–H and O–H groups in total. The fraction of sp³-hybridized carbons (Fsp3) is 0.462. The number of rotatable bonds is 10. The second-order valence-electron chi connectivity index (χ2n) is 10.00. The van der Waals surface area contributed by atoms with Crippen LogP contribution in [0.1, 0.15) is 64.6 Å². The Morgan fingerprint density at radius 1 is 1.16 bits per heavy atom. The Hall–Kier alpha value is -3.18. The van der Waals surface area contributed by atoms with E-state index in [0.29, 0.717) is 22.5 Å².